The molecule has 1 fully saturated rings. The van der Waals surface area contributed by atoms with Gasteiger partial charge in [-0.1, -0.05) is 0 Å². The molecule has 2 N–H and O–H groups in total. The van der Waals surface area contributed by atoms with Crippen LogP contribution in [0, 0.1) is 0 Å². The van der Waals surface area contributed by atoms with E-state index in [1.54, 1.807) is 5.38 Å². The molecule has 0 bridgehead atoms. The molecule has 2 heterocycles. The van der Waals surface area contributed by atoms with Crippen LogP contribution in [0.2, 0.25) is 0 Å². The van der Waals surface area contributed by atoms with Crippen LogP contribution in [0.3, 0.4) is 0 Å². The number of rotatable bonds is 6. The number of aromatic nitrogens is 1. The first-order valence-corrected chi connectivity index (χ1v) is 9.28. The van der Waals surface area contributed by atoms with Crippen LogP contribution in [-0.4, -0.2) is 55.2 Å². The second-order valence-corrected chi connectivity index (χ2v) is 6.81. The van der Waals surface area contributed by atoms with E-state index in [1.165, 1.54) is 23.5 Å². The molecule has 1 saturated heterocycles. The third-order valence-electron chi connectivity index (χ3n) is 4.02. The Bertz CT molecular complexity index is 758. The lowest BCUT2D eigenvalue weighted by molar-refractivity contribution is -0.137. The Morgan fingerprint density at radius 1 is 1.22 bits per heavy atom. The number of alkyl halides is 3. The Hall–Kier alpha value is -2.17. The van der Waals surface area contributed by atoms with Gasteiger partial charge in [0.15, 0.2) is 5.13 Å². The minimum atomic E-state index is -4.37. The van der Waals surface area contributed by atoms with Gasteiger partial charge in [-0.2, -0.15) is 13.2 Å². The number of benzene rings is 1. The number of ether oxygens (including phenoxy) is 1. The molecule has 0 aliphatic carbocycles. The molecule has 27 heavy (non-hydrogen) atoms. The number of morpholine rings is 1. The molecule has 1 aromatic heterocycles. The highest BCUT2D eigenvalue weighted by molar-refractivity contribution is 7.14. The van der Waals surface area contributed by atoms with E-state index in [9.17, 15) is 18.0 Å². The topological polar surface area (TPSA) is 66.5 Å². The van der Waals surface area contributed by atoms with E-state index in [-0.39, 0.29) is 11.6 Å². The maximum Gasteiger partial charge on any atom is 0.416 e. The summed E-state index contributed by atoms with van der Waals surface area (Å²) in [4.78, 5) is 18.5. The van der Waals surface area contributed by atoms with Crippen LogP contribution in [0.1, 0.15) is 16.1 Å². The molecule has 0 radical (unpaired) electrons. The first-order chi connectivity index (χ1) is 12.9. The van der Waals surface area contributed by atoms with Crippen molar-refractivity contribution >= 4 is 28.1 Å². The summed E-state index contributed by atoms with van der Waals surface area (Å²) < 4.78 is 43.0. The summed E-state index contributed by atoms with van der Waals surface area (Å²) in [7, 11) is 0. The third kappa shape index (κ3) is 5.65. The van der Waals surface area contributed by atoms with Gasteiger partial charge in [0.1, 0.15) is 5.69 Å². The zero-order chi connectivity index (χ0) is 19.3. The Labute approximate surface area is 158 Å². The Balaban J connectivity index is 1.49. The van der Waals surface area contributed by atoms with Crippen molar-refractivity contribution in [3.8, 4) is 0 Å². The molecule has 1 aliphatic rings. The third-order valence-corrected chi connectivity index (χ3v) is 4.78. The quantitative estimate of drug-likeness (QED) is 0.781. The Kier molecular flexibility index (Phi) is 6.30. The number of amides is 1. The van der Waals surface area contributed by atoms with E-state index >= 15 is 0 Å². The second kappa shape index (κ2) is 8.68. The number of hydrogen-bond acceptors (Lipinski definition) is 6. The lowest BCUT2D eigenvalue weighted by Crippen LogP contribution is -2.41. The van der Waals surface area contributed by atoms with Crippen molar-refractivity contribution in [2.45, 2.75) is 6.18 Å². The summed E-state index contributed by atoms with van der Waals surface area (Å²) in [5.41, 5.74) is 0.0283. The van der Waals surface area contributed by atoms with Gasteiger partial charge in [-0.3, -0.25) is 9.69 Å². The fourth-order valence-electron chi connectivity index (χ4n) is 2.54. The molecule has 1 amide bonds. The van der Waals surface area contributed by atoms with E-state index in [0.717, 1.165) is 31.8 Å². The van der Waals surface area contributed by atoms with Crippen molar-refractivity contribution in [2.75, 3.05) is 44.7 Å². The molecule has 3 rings (SSSR count). The smallest absolute Gasteiger partial charge is 0.379 e. The maximum absolute atomic E-state index is 12.6. The van der Waals surface area contributed by atoms with E-state index in [4.69, 9.17) is 4.74 Å². The summed E-state index contributed by atoms with van der Waals surface area (Å²) in [6.07, 6.45) is -4.37. The number of hydrogen-bond donors (Lipinski definition) is 2. The van der Waals surface area contributed by atoms with Gasteiger partial charge in [0, 0.05) is 37.2 Å². The number of carbonyl (C=O) groups is 1. The van der Waals surface area contributed by atoms with Crippen LogP contribution < -0.4 is 10.6 Å². The molecule has 0 saturated carbocycles. The van der Waals surface area contributed by atoms with Crippen molar-refractivity contribution in [1.82, 2.24) is 15.2 Å². The number of nitrogens with one attached hydrogen (secondary N) is 2. The highest BCUT2D eigenvalue weighted by Crippen LogP contribution is 2.30. The summed E-state index contributed by atoms with van der Waals surface area (Å²) in [6, 6.07) is 4.64. The van der Waals surface area contributed by atoms with Gasteiger partial charge in [-0.15, -0.1) is 11.3 Å². The molecule has 2 aromatic rings. The maximum atomic E-state index is 12.6. The molecule has 1 aliphatic heterocycles. The average Bonchev–Trinajstić information content (AvgIpc) is 3.11. The van der Waals surface area contributed by atoms with Crippen molar-refractivity contribution in [2.24, 2.45) is 0 Å². The molecule has 10 heteroatoms. The van der Waals surface area contributed by atoms with E-state index in [2.05, 4.69) is 20.5 Å². The predicted octanol–water partition coefficient (Wildman–Crippen LogP) is 2.97. The number of thiazole rings is 1. The van der Waals surface area contributed by atoms with E-state index < -0.39 is 11.7 Å². The lowest BCUT2D eigenvalue weighted by Gasteiger charge is -2.26. The fraction of sp³-hybridized carbons (Fsp3) is 0.412. The first kappa shape index (κ1) is 19.6. The zero-order valence-electron chi connectivity index (χ0n) is 14.4. The number of anilines is 2. The lowest BCUT2D eigenvalue weighted by atomic mass is 10.2. The molecule has 6 nitrogen and oxygen atoms in total. The van der Waals surface area contributed by atoms with Crippen LogP contribution in [0.15, 0.2) is 29.6 Å². The predicted molar refractivity (Wildman–Crippen MR) is 96.4 cm³/mol. The molecule has 0 unspecified atom stereocenters. The van der Waals surface area contributed by atoms with Crippen molar-refractivity contribution in [1.29, 1.82) is 0 Å². The number of carbonyl (C=O) groups excluding carboxylic acids is 1. The molecule has 146 valence electrons. The zero-order valence-corrected chi connectivity index (χ0v) is 15.2. The summed E-state index contributed by atoms with van der Waals surface area (Å²) >= 11 is 1.21. The highest BCUT2D eigenvalue weighted by atomic mass is 32.1. The Morgan fingerprint density at radius 3 is 2.59 bits per heavy atom. The summed E-state index contributed by atoms with van der Waals surface area (Å²) in [5, 5.41) is 7.77. The van der Waals surface area contributed by atoms with Crippen LogP contribution >= 0.6 is 11.3 Å². The van der Waals surface area contributed by atoms with Crippen LogP contribution in [0.4, 0.5) is 24.0 Å². The first-order valence-electron chi connectivity index (χ1n) is 8.40. The molecular formula is C17H19F3N4O2S. The van der Waals surface area contributed by atoms with Crippen molar-refractivity contribution in [3.05, 3.63) is 40.9 Å². The highest BCUT2D eigenvalue weighted by Gasteiger charge is 2.29. The largest absolute Gasteiger partial charge is 0.416 e. The molecule has 0 atom stereocenters. The average molecular weight is 400 g/mol. The van der Waals surface area contributed by atoms with Crippen LogP contribution in [-0.2, 0) is 10.9 Å². The van der Waals surface area contributed by atoms with Gasteiger partial charge in [-0.05, 0) is 24.3 Å². The minimum absolute atomic E-state index is 0.274. The van der Waals surface area contributed by atoms with Gasteiger partial charge < -0.3 is 15.4 Å². The second-order valence-electron chi connectivity index (χ2n) is 5.95. The van der Waals surface area contributed by atoms with Gasteiger partial charge in [-0.25, -0.2) is 4.98 Å². The number of halogens is 3. The van der Waals surface area contributed by atoms with Crippen molar-refractivity contribution < 1.29 is 22.7 Å². The van der Waals surface area contributed by atoms with Crippen LogP contribution in [0.5, 0.6) is 0 Å². The molecule has 0 spiro atoms. The van der Waals surface area contributed by atoms with Gasteiger partial charge in [0.05, 0.1) is 18.8 Å². The summed E-state index contributed by atoms with van der Waals surface area (Å²) in [6.45, 7) is 4.38. The van der Waals surface area contributed by atoms with E-state index in [1.807, 2.05) is 0 Å². The number of nitrogens with zero attached hydrogens (tertiary/aromatic N) is 2. The fourth-order valence-corrected chi connectivity index (χ4v) is 3.26. The van der Waals surface area contributed by atoms with Crippen LogP contribution in [0.25, 0.3) is 0 Å². The summed E-state index contributed by atoms with van der Waals surface area (Å²) in [5.74, 6) is -0.278. The van der Waals surface area contributed by atoms with E-state index in [0.29, 0.717) is 30.6 Å². The Morgan fingerprint density at radius 2 is 1.93 bits per heavy atom. The standard InChI is InChI=1S/C17H19F3N4O2S/c18-17(19,20)12-1-3-13(4-2-12)22-16-23-14(11-27-16)15(25)21-5-6-24-7-9-26-10-8-24/h1-4,11H,5-10H2,(H,21,25)(H,22,23). The minimum Gasteiger partial charge on any atom is -0.379 e. The van der Waals surface area contributed by atoms with Gasteiger partial charge in [0.25, 0.3) is 5.91 Å². The molecule has 1 aromatic carbocycles. The van der Waals surface area contributed by atoms with Gasteiger partial charge >= 0.3 is 6.18 Å². The monoisotopic (exact) mass is 400 g/mol. The molecular weight excluding hydrogens is 381 g/mol. The normalized spacial score (nSPS) is 15.5. The SMILES string of the molecule is O=C(NCCN1CCOCC1)c1csc(Nc2ccc(C(F)(F)F)cc2)n1. The van der Waals surface area contributed by atoms with Gasteiger partial charge in [0.2, 0.25) is 0 Å². The van der Waals surface area contributed by atoms with Crippen molar-refractivity contribution in [3.63, 3.8) is 0 Å².